The molecule has 0 unspecified atom stereocenters. The first-order valence-corrected chi connectivity index (χ1v) is 12.6. The summed E-state index contributed by atoms with van der Waals surface area (Å²) in [6.45, 7) is 5.05. The molecule has 0 aliphatic carbocycles. The summed E-state index contributed by atoms with van der Waals surface area (Å²) >= 11 is 0. The lowest BCUT2D eigenvalue weighted by Gasteiger charge is -2.11. The summed E-state index contributed by atoms with van der Waals surface area (Å²) in [4.78, 5) is 35.3. The number of carbonyl (C=O) groups excluding carboxylic acids is 2. The maximum Gasteiger partial charge on any atom is 0.338 e. The number of anilines is 2. The molecule has 3 aromatic rings. The summed E-state index contributed by atoms with van der Waals surface area (Å²) in [5.41, 5.74) is 1.67. The van der Waals surface area contributed by atoms with Crippen LogP contribution in [0.25, 0.3) is 0 Å². The van der Waals surface area contributed by atoms with Crippen LogP contribution in [0.4, 0.5) is 17.1 Å². The molecule has 12 heteroatoms. The van der Waals surface area contributed by atoms with Crippen LogP contribution in [0, 0.1) is 24.0 Å². The Morgan fingerprint density at radius 3 is 2.30 bits per heavy atom. The van der Waals surface area contributed by atoms with Gasteiger partial charge in [0.05, 0.1) is 28.1 Å². The average molecular weight is 528 g/mol. The average Bonchev–Trinajstić information content (AvgIpc) is 2.85. The van der Waals surface area contributed by atoms with Gasteiger partial charge < -0.3 is 14.8 Å². The second-order valence-corrected chi connectivity index (χ2v) is 9.60. The number of nitrogens with zero attached hydrogens (tertiary/aromatic N) is 1. The van der Waals surface area contributed by atoms with Gasteiger partial charge in [-0.2, -0.15) is 0 Å². The fourth-order valence-corrected chi connectivity index (χ4v) is 4.34. The molecule has 3 rings (SSSR count). The van der Waals surface area contributed by atoms with Gasteiger partial charge in [-0.1, -0.05) is 6.07 Å². The van der Waals surface area contributed by atoms with Crippen molar-refractivity contribution in [3.63, 3.8) is 0 Å². The number of nitro benzene ring substituents is 1. The minimum Gasteiger partial charge on any atom is -0.494 e. The van der Waals surface area contributed by atoms with E-state index < -0.39 is 33.4 Å². The van der Waals surface area contributed by atoms with Gasteiger partial charge in [0.1, 0.15) is 11.4 Å². The van der Waals surface area contributed by atoms with Crippen molar-refractivity contribution in [3.8, 4) is 5.75 Å². The van der Waals surface area contributed by atoms with Crippen LogP contribution in [0.1, 0.15) is 28.4 Å². The number of amides is 1. The van der Waals surface area contributed by atoms with Gasteiger partial charge in [0.15, 0.2) is 6.61 Å². The van der Waals surface area contributed by atoms with Crippen LogP contribution in [0.15, 0.2) is 65.6 Å². The number of nitrogens with one attached hydrogen (secondary N) is 2. The van der Waals surface area contributed by atoms with E-state index in [-0.39, 0.29) is 33.3 Å². The van der Waals surface area contributed by atoms with E-state index in [2.05, 4.69) is 10.0 Å². The van der Waals surface area contributed by atoms with E-state index in [0.717, 1.165) is 11.1 Å². The highest BCUT2D eigenvalue weighted by atomic mass is 32.2. The van der Waals surface area contributed by atoms with Crippen molar-refractivity contribution in [3.05, 3.63) is 87.5 Å². The number of rotatable bonds is 10. The zero-order valence-corrected chi connectivity index (χ0v) is 21.1. The van der Waals surface area contributed by atoms with E-state index in [4.69, 9.17) is 9.47 Å². The number of benzene rings is 3. The molecule has 194 valence electrons. The number of nitro groups is 1. The maximum atomic E-state index is 12.6. The van der Waals surface area contributed by atoms with E-state index in [0.29, 0.717) is 6.61 Å². The van der Waals surface area contributed by atoms with E-state index in [1.165, 1.54) is 48.5 Å². The Balaban J connectivity index is 1.59. The molecule has 0 atom stereocenters. The lowest BCUT2D eigenvalue weighted by Crippen LogP contribution is -2.21. The molecule has 2 N–H and O–H groups in total. The van der Waals surface area contributed by atoms with Crippen LogP contribution in [-0.4, -0.2) is 38.4 Å². The van der Waals surface area contributed by atoms with Gasteiger partial charge >= 0.3 is 5.97 Å². The first-order valence-electron chi connectivity index (χ1n) is 11.1. The summed E-state index contributed by atoms with van der Waals surface area (Å²) in [6, 6.07) is 14.2. The van der Waals surface area contributed by atoms with E-state index in [9.17, 15) is 28.1 Å². The van der Waals surface area contributed by atoms with Gasteiger partial charge in [-0.3, -0.25) is 19.6 Å². The summed E-state index contributed by atoms with van der Waals surface area (Å²) in [6.07, 6.45) is 0. The topological polar surface area (TPSA) is 154 Å². The standard InChI is InChI=1S/C25H25N3O8S/c1-4-35-20-10-12-22(23(14-20)28(31)32)26-24(29)15-36-25(30)18-6-8-19(9-7-18)27-37(33,34)21-11-5-16(2)17(3)13-21/h5-14,27H,4,15H2,1-3H3,(H,26,29). The smallest absolute Gasteiger partial charge is 0.338 e. The highest BCUT2D eigenvalue weighted by Crippen LogP contribution is 2.29. The Labute approximate surface area is 213 Å². The Bertz CT molecular complexity index is 1440. The van der Waals surface area contributed by atoms with Crippen molar-refractivity contribution < 1.29 is 32.4 Å². The highest BCUT2D eigenvalue weighted by molar-refractivity contribution is 7.92. The van der Waals surface area contributed by atoms with Crippen molar-refractivity contribution in [1.29, 1.82) is 0 Å². The zero-order valence-electron chi connectivity index (χ0n) is 20.3. The second-order valence-electron chi connectivity index (χ2n) is 7.92. The third-order valence-corrected chi connectivity index (χ3v) is 6.63. The van der Waals surface area contributed by atoms with Gasteiger partial charge in [-0.05, 0) is 80.4 Å². The van der Waals surface area contributed by atoms with Crippen molar-refractivity contribution in [2.24, 2.45) is 0 Å². The molecule has 37 heavy (non-hydrogen) atoms. The Hall–Kier alpha value is -4.45. The molecular formula is C25H25N3O8S. The Kier molecular flexibility index (Phi) is 8.45. The van der Waals surface area contributed by atoms with Crippen molar-refractivity contribution >= 4 is 39.0 Å². The number of hydrogen-bond acceptors (Lipinski definition) is 8. The number of carbonyl (C=O) groups is 2. The number of esters is 1. The third-order valence-electron chi connectivity index (χ3n) is 5.25. The molecule has 0 heterocycles. The van der Waals surface area contributed by atoms with E-state index in [1.807, 2.05) is 13.8 Å². The monoisotopic (exact) mass is 527 g/mol. The molecule has 3 aromatic carbocycles. The van der Waals surface area contributed by atoms with Crippen LogP contribution in [-0.2, 0) is 19.6 Å². The molecule has 0 aromatic heterocycles. The van der Waals surface area contributed by atoms with Gasteiger partial charge in [0.2, 0.25) is 0 Å². The molecule has 0 bridgehead atoms. The zero-order chi connectivity index (χ0) is 27.2. The molecule has 0 aliphatic heterocycles. The minimum atomic E-state index is -3.83. The summed E-state index contributed by atoms with van der Waals surface area (Å²) < 4.78 is 37.9. The summed E-state index contributed by atoms with van der Waals surface area (Å²) in [5, 5.41) is 13.6. The van der Waals surface area contributed by atoms with Crippen LogP contribution >= 0.6 is 0 Å². The number of hydrogen-bond donors (Lipinski definition) is 2. The number of sulfonamides is 1. The number of ether oxygens (including phenoxy) is 2. The predicted molar refractivity (Wildman–Crippen MR) is 136 cm³/mol. The highest BCUT2D eigenvalue weighted by Gasteiger charge is 2.19. The molecule has 0 radical (unpaired) electrons. The Morgan fingerprint density at radius 2 is 1.68 bits per heavy atom. The fraction of sp³-hybridized carbons (Fsp3) is 0.200. The molecule has 1 amide bonds. The fourth-order valence-electron chi connectivity index (χ4n) is 3.19. The van der Waals surface area contributed by atoms with Crippen LogP contribution in [0.5, 0.6) is 5.75 Å². The lowest BCUT2D eigenvalue weighted by molar-refractivity contribution is -0.384. The maximum absolute atomic E-state index is 12.6. The van der Waals surface area contributed by atoms with Crippen LogP contribution < -0.4 is 14.8 Å². The molecule has 0 fully saturated rings. The van der Waals surface area contributed by atoms with Gasteiger partial charge in [-0.25, -0.2) is 13.2 Å². The largest absolute Gasteiger partial charge is 0.494 e. The SMILES string of the molecule is CCOc1ccc(NC(=O)COC(=O)c2ccc(NS(=O)(=O)c3ccc(C)c(C)c3)cc2)c([N+](=O)[O-])c1. The minimum absolute atomic E-state index is 0.0742. The molecule has 0 saturated heterocycles. The Morgan fingerprint density at radius 1 is 0.973 bits per heavy atom. The third kappa shape index (κ3) is 7.04. The normalized spacial score (nSPS) is 10.9. The van der Waals surface area contributed by atoms with Crippen molar-refractivity contribution in [2.75, 3.05) is 23.3 Å². The first kappa shape index (κ1) is 27.1. The summed E-state index contributed by atoms with van der Waals surface area (Å²) in [5.74, 6) is -1.34. The lowest BCUT2D eigenvalue weighted by atomic mass is 10.1. The summed E-state index contributed by atoms with van der Waals surface area (Å²) in [7, 11) is -3.83. The van der Waals surface area contributed by atoms with Gasteiger partial charge in [0.25, 0.3) is 21.6 Å². The first-order chi connectivity index (χ1) is 17.5. The van der Waals surface area contributed by atoms with Crippen LogP contribution in [0.3, 0.4) is 0 Å². The molecular weight excluding hydrogens is 502 g/mol. The molecule has 11 nitrogen and oxygen atoms in total. The second kappa shape index (κ2) is 11.5. The van der Waals surface area contributed by atoms with Gasteiger partial charge in [-0.15, -0.1) is 0 Å². The molecule has 0 aliphatic rings. The van der Waals surface area contributed by atoms with Crippen molar-refractivity contribution in [2.45, 2.75) is 25.7 Å². The quantitative estimate of drug-likeness (QED) is 0.226. The van der Waals surface area contributed by atoms with E-state index >= 15 is 0 Å². The van der Waals surface area contributed by atoms with E-state index in [1.54, 1.807) is 19.1 Å². The predicted octanol–water partition coefficient (Wildman–Crippen LogP) is 4.21. The van der Waals surface area contributed by atoms with Crippen LogP contribution in [0.2, 0.25) is 0 Å². The number of aryl methyl sites for hydroxylation is 2. The van der Waals surface area contributed by atoms with Crippen molar-refractivity contribution in [1.82, 2.24) is 0 Å². The van der Waals surface area contributed by atoms with Gasteiger partial charge in [0, 0.05) is 5.69 Å². The molecule has 0 spiro atoms. The molecule has 0 saturated carbocycles.